The van der Waals surface area contributed by atoms with Crippen LogP contribution in [0.1, 0.15) is 24.8 Å². The topological polar surface area (TPSA) is 75.7 Å². The fraction of sp³-hybridized carbons (Fsp3) is 0.350. The molecule has 1 aliphatic heterocycles. The third-order valence-corrected chi connectivity index (χ3v) is 6.67. The van der Waals surface area contributed by atoms with Gasteiger partial charge >= 0.3 is 0 Å². The molecule has 27 heavy (non-hydrogen) atoms. The zero-order valence-electron chi connectivity index (χ0n) is 15.3. The Hall–Kier alpha value is -2.38. The Bertz CT molecular complexity index is 884. The molecule has 1 amide bonds. The van der Waals surface area contributed by atoms with Crippen molar-refractivity contribution in [1.82, 2.24) is 9.62 Å². The summed E-state index contributed by atoms with van der Waals surface area (Å²) in [6, 6.07) is 15.0. The molecular formula is C20H24N2O4S. The number of para-hydroxylation sites is 1. The van der Waals surface area contributed by atoms with Crippen LogP contribution in [-0.4, -0.2) is 38.3 Å². The summed E-state index contributed by atoms with van der Waals surface area (Å²) in [5, 5.41) is 2.87. The normalized spacial score (nSPS) is 18.0. The summed E-state index contributed by atoms with van der Waals surface area (Å²) in [6.45, 7) is 0.641. The Morgan fingerprint density at radius 2 is 1.81 bits per heavy atom. The third kappa shape index (κ3) is 4.31. The van der Waals surface area contributed by atoms with Crippen molar-refractivity contribution in [3.05, 3.63) is 60.2 Å². The van der Waals surface area contributed by atoms with Crippen molar-refractivity contribution in [3.8, 4) is 5.75 Å². The Morgan fingerprint density at radius 3 is 2.56 bits per heavy atom. The van der Waals surface area contributed by atoms with E-state index in [1.165, 1.54) is 4.31 Å². The summed E-state index contributed by atoms with van der Waals surface area (Å²) in [7, 11) is -2.12. The number of carbonyl (C=O) groups excluding carboxylic acids is 1. The van der Waals surface area contributed by atoms with E-state index in [1.54, 1.807) is 37.4 Å². The van der Waals surface area contributed by atoms with Crippen LogP contribution < -0.4 is 10.1 Å². The van der Waals surface area contributed by atoms with E-state index in [-0.39, 0.29) is 10.8 Å². The quantitative estimate of drug-likeness (QED) is 0.825. The molecule has 1 saturated heterocycles. The van der Waals surface area contributed by atoms with Crippen LogP contribution >= 0.6 is 0 Å². The molecule has 1 atom stereocenters. The highest BCUT2D eigenvalue weighted by molar-refractivity contribution is 7.89. The molecule has 0 aromatic heterocycles. The van der Waals surface area contributed by atoms with Gasteiger partial charge in [-0.2, -0.15) is 4.31 Å². The Balaban J connectivity index is 1.76. The lowest BCUT2D eigenvalue weighted by atomic mass is 10.0. The molecule has 0 aliphatic carbocycles. The Labute approximate surface area is 160 Å². The highest BCUT2D eigenvalue weighted by atomic mass is 32.2. The Morgan fingerprint density at radius 1 is 1.11 bits per heavy atom. The number of benzene rings is 2. The molecule has 0 unspecified atom stereocenters. The van der Waals surface area contributed by atoms with E-state index in [9.17, 15) is 13.2 Å². The molecule has 0 spiro atoms. The highest BCUT2D eigenvalue weighted by Gasteiger charge is 2.37. The lowest BCUT2D eigenvalue weighted by Gasteiger charge is -2.33. The number of piperidine rings is 1. The molecule has 1 fully saturated rings. The number of hydrogen-bond donors (Lipinski definition) is 1. The summed E-state index contributed by atoms with van der Waals surface area (Å²) in [6.07, 6.45) is 2.10. The second-order valence-corrected chi connectivity index (χ2v) is 8.36. The number of rotatable bonds is 6. The van der Waals surface area contributed by atoms with Gasteiger partial charge in [0.25, 0.3) is 0 Å². The van der Waals surface area contributed by atoms with Gasteiger partial charge in [0.15, 0.2) is 0 Å². The summed E-state index contributed by atoms with van der Waals surface area (Å²) < 4.78 is 32.6. The maximum Gasteiger partial charge on any atom is 0.243 e. The minimum atomic E-state index is -3.70. The zero-order chi connectivity index (χ0) is 19.3. The van der Waals surface area contributed by atoms with Gasteiger partial charge in [0.2, 0.25) is 15.9 Å². The number of carbonyl (C=O) groups is 1. The summed E-state index contributed by atoms with van der Waals surface area (Å²) in [5.41, 5.74) is 0.849. The smallest absolute Gasteiger partial charge is 0.243 e. The monoisotopic (exact) mass is 388 g/mol. The maximum atomic E-state index is 13.0. The number of amides is 1. The van der Waals surface area contributed by atoms with Crippen LogP contribution in [0.5, 0.6) is 5.75 Å². The van der Waals surface area contributed by atoms with Gasteiger partial charge in [-0.15, -0.1) is 0 Å². The highest BCUT2D eigenvalue weighted by Crippen LogP contribution is 2.26. The molecule has 7 heteroatoms. The average molecular weight is 388 g/mol. The molecule has 0 saturated carbocycles. The summed E-state index contributed by atoms with van der Waals surface area (Å²) >= 11 is 0. The minimum absolute atomic E-state index is 0.217. The third-order valence-electron chi connectivity index (χ3n) is 4.75. The van der Waals surface area contributed by atoms with Gasteiger partial charge in [-0.1, -0.05) is 42.8 Å². The minimum Gasteiger partial charge on any atom is -0.496 e. The van der Waals surface area contributed by atoms with Gasteiger partial charge in [0.1, 0.15) is 11.8 Å². The van der Waals surface area contributed by atoms with Crippen LogP contribution in [0.2, 0.25) is 0 Å². The number of sulfonamides is 1. The lowest BCUT2D eigenvalue weighted by molar-refractivity contribution is -0.125. The first-order valence-corrected chi connectivity index (χ1v) is 10.4. The Kier molecular flexibility index (Phi) is 6.13. The van der Waals surface area contributed by atoms with Gasteiger partial charge in [-0.25, -0.2) is 8.42 Å². The molecule has 144 valence electrons. The van der Waals surface area contributed by atoms with Gasteiger partial charge in [0.05, 0.1) is 12.0 Å². The van der Waals surface area contributed by atoms with Crippen LogP contribution in [-0.2, 0) is 21.4 Å². The van der Waals surface area contributed by atoms with Gasteiger partial charge in [-0.3, -0.25) is 4.79 Å². The summed E-state index contributed by atoms with van der Waals surface area (Å²) in [4.78, 5) is 13.0. The molecule has 2 aromatic rings. The second-order valence-electron chi connectivity index (χ2n) is 6.47. The molecule has 0 bridgehead atoms. The number of ether oxygens (including phenoxy) is 1. The van der Waals surface area contributed by atoms with E-state index in [0.29, 0.717) is 25.3 Å². The second kappa shape index (κ2) is 8.54. The molecule has 6 nitrogen and oxygen atoms in total. The van der Waals surface area contributed by atoms with Crippen molar-refractivity contribution < 1.29 is 17.9 Å². The largest absolute Gasteiger partial charge is 0.496 e. The molecule has 1 N–H and O–H groups in total. The maximum absolute atomic E-state index is 13.0. The first kappa shape index (κ1) is 19.4. The van der Waals surface area contributed by atoms with Gasteiger partial charge in [-0.05, 0) is 31.0 Å². The fourth-order valence-corrected chi connectivity index (χ4v) is 5.01. The molecule has 1 aliphatic rings. The van der Waals surface area contributed by atoms with Crippen molar-refractivity contribution in [3.63, 3.8) is 0 Å². The number of nitrogens with one attached hydrogen (secondary N) is 1. The first-order valence-electron chi connectivity index (χ1n) is 9.00. The first-order chi connectivity index (χ1) is 13.0. The number of methoxy groups -OCH3 is 1. The van der Waals surface area contributed by atoms with Crippen molar-refractivity contribution in [2.45, 2.75) is 36.7 Å². The predicted molar refractivity (Wildman–Crippen MR) is 103 cm³/mol. The molecule has 2 aromatic carbocycles. The molecule has 1 heterocycles. The van der Waals surface area contributed by atoms with Crippen molar-refractivity contribution >= 4 is 15.9 Å². The van der Waals surface area contributed by atoms with Crippen LogP contribution in [0.25, 0.3) is 0 Å². The van der Waals surface area contributed by atoms with E-state index in [0.717, 1.165) is 18.4 Å². The van der Waals surface area contributed by atoms with Crippen molar-refractivity contribution in [2.24, 2.45) is 0 Å². The zero-order valence-corrected chi connectivity index (χ0v) is 16.1. The van der Waals surface area contributed by atoms with Crippen molar-refractivity contribution in [1.29, 1.82) is 0 Å². The van der Waals surface area contributed by atoms with E-state index < -0.39 is 16.1 Å². The van der Waals surface area contributed by atoms with Crippen LogP contribution in [0.4, 0.5) is 0 Å². The van der Waals surface area contributed by atoms with Crippen LogP contribution in [0.15, 0.2) is 59.5 Å². The van der Waals surface area contributed by atoms with Gasteiger partial charge in [0, 0.05) is 18.7 Å². The average Bonchev–Trinajstić information content (AvgIpc) is 2.72. The van der Waals surface area contributed by atoms with Crippen molar-refractivity contribution in [2.75, 3.05) is 13.7 Å². The van der Waals surface area contributed by atoms with Crippen LogP contribution in [0.3, 0.4) is 0 Å². The van der Waals surface area contributed by atoms with Gasteiger partial charge < -0.3 is 10.1 Å². The lowest BCUT2D eigenvalue weighted by Crippen LogP contribution is -2.51. The SMILES string of the molecule is COc1ccccc1CNC(=O)[C@@H]1CCCCN1S(=O)(=O)c1ccccc1. The number of hydrogen-bond acceptors (Lipinski definition) is 4. The summed E-state index contributed by atoms with van der Waals surface area (Å²) in [5.74, 6) is 0.412. The van der Waals surface area contributed by atoms with E-state index in [2.05, 4.69) is 5.32 Å². The standard InChI is InChI=1S/C20H24N2O4S/c1-26-19-13-6-5-9-16(19)15-21-20(23)18-12-7-8-14-22(18)27(24,25)17-10-3-2-4-11-17/h2-6,9-11,13,18H,7-8,12,14-15H2,1H3,(H,21,23)/t18-/m0/s1. The number of nitrogens with zero attached hydrogens (tertiary/aromatic N) is 1. The van der Waals surface area contributed by atoms with Crippen LogP contribution in [0, 0.1) is 0 Å². The van der Waals surface area contributed by atoms with E-state index >= 15 is 0 Å². The fourth-order valence-electron chi connectivity index (χ4n) is 3.33. The van der Waals surface area contributed by atoms with E-state index in [4.69, 9.17) is 4.74 Å². The van der Waals surface area contributed by atoms with E-state index in [1.807, 2.05) is 24.3 Å². The predicted octanol–water partition coefficient (Wildman–Crippen LogP) is 2.55. The molecular weight excluding hydrogens is 364 g/mol. The molecule has 3 rings (SSSR count). The molecule has 0 radical (unpaired) electrons.